The first-order valence-corrected chi connectivity index (χ1v) is 8.52. The molecule has 2 aliphatic rings. The van der Waals surface area contributed by atoms with Crippen LogP contribution in [-0.2, 0) is 16.6 Å². The van der Waals surface area contributed by atoms with Gasteiger partial charge in [0, 0.05) is 44.2 Å². The average Bonchev–Trinajstić information content (AvgIpc) is 2.62. The van der Waals surface area contributed by atoms with E-state index in [-0.39, 0.29) is 11.3 Å². The van der Waals surface area contributed by atoms with Gasteiger partial charge in [-0.3, -0.25) is 4.79 Å². The van der Waals surface area contributed by atoms with Gasteiger partial charge in [0.2, 0.25) is 11.9 Å². The second-order valence-electron chi connectivity index (χ2n) is 6.83. The Morgan fingerprint density at radius 2 is 2.00 bits per heavy atom. The highest BCUT2D eigenvalue weighted by atomic mass is 16.2. The summed E-state index contributed by atoms with van der Waals surface area (Å²) >= 11 is 0. The molecule has 1 amide bonds. The topological polar surface area (TPSA) is 58.1 Å². The van der Waals surface area contributed by atoms with E-state index < -0.39 is 0 Å². The molecule has 1 aliphatic heterocycles. The zero-order valence-corrected chi connectivity index (χ0v) is 14.2. The van der Waals surface area contributed by atoms with Crippen LogP contribution >= 0.6 is 0 Å². The molecular weight excluding hydrogens is 300 g/mol. The van der Waals surface area contributed by atoms with E-state index in [0.29, 0.717) is 5.95 Å². The number of nitrogens with one attached hydrogen (secondary N) is 1. The van der Waals surface area contributed by atoms with Crippen molar-refractivity contribution in [3.05, 3.63) is 41.6 Å². The van der Waals surface area contributed by atoms with Crippen molar-refractivity contribution < 1.29 is 4.79 Å². The average molecular weight is 322 g/mol. The third-order valence-corrected chi connectivity index (χ3v) is 5.54. The number of amides is 1. The van der Waals surface area contributed by atoms with E-state index >= 15 is 0 Å². The van der Waals surface area contributed by atoms with Crippen LogP contribution in [0.15, 0.2) is 30.5 Å². The zero-order chi connectivity index (χ0) is 16.7. The van der Waals surface area contributed by atoms with Crippen LogP contribution in [0, 0.1) is 0 Å². The minimum absolute atomic E-state index is 0.0973. The fourth-order valence-corrected chi connectivity index (χ4v) is 4.20. The van der Waals surface area contributed by atoms with Crippen LogP contribution in [0.5, 0.6) is 0 Å². The summed E-state index contributed by atoms with van der Waals surface area (Å²) in [7, 11) is 1.84. The maximum atomic E-state index is 11.7. The molecule has 0 bridgehead atoms. The van der Waals surface area contributed by atoms with E-state index in [2.05, 4.69) is 34.6 Å². The standard InChI is InChI=1S/C19H22N4O/c1-13(24)23-9-7-19(8-10-23)11-14-12-21-18(20-2)22-17(14)15-5-3-4-6-16(15)19/h3-6,12H,7-11H2,1-2H3,(H,20,21,22). The Morgan fingerprint density at radius 3 is 2.71 bits per heavy atom. The molecule has 1 saturated heterocycles. The van der Waals surface area contributed by atoms with Crippen molar-refractivity contribution in [3.63, 3.8) is 0 Å². The molecule has 1 aliphatic carbocycles. The van der Waals surface area contributed by atoms with Gasteiger partial charge >= 0.3 is 0 Å². The maximum Gasteiger partial charge on any atom is 0.222 e. The third kappa shape index (κ3) is 2.27. The number of anilines is 1. The second-order valence-corrected chi connectivity index (χ2v) is 6.83. The Kier molecular flexibility index (Phi) is 3.52. The molecule has 1 aromatic carbocycles. The molecule has 24 heavy (non-hydrogen) atoms. The van der Waals surface area contributed by atoms with Crippen LogP contribution in [0.2, 0.25) is 0 Å². The smallest absolute Gasteiger partial charge is 0.222 e. The molecule has 1 aromatic heterocycles. The Morgan fingerprint density at radius 1 is 1.25 bits per heavy atom. The number of likely N-dealkylation sites (tertiary alicyclic amines) is 1. The maximum absolute atomic E-state index is 11.7. The first-order chi connectivity index (χ1) is 11.6. The summed E-state index contributed by atoms with van der Waals surface area (Å²) in [5.41, 5.74) is 4.95. The van der Waals surface area contributed by atoms with Crippen molar-refractivity contribution in [2.24, 2.45) is 0 Å². The van der Waals surface area contributed by atoms with Crippen LogP contribution in [0.3, 0.4) is 0 Å². The number of aromatic nitrogens is 2. The van der Waals surface area contributed by atoms with Gasteiger partial charge in [-0.2, -0.15) is 0 Å². The van der Waals surface area contributed by atoms with E-state index in [0.717, 1.165) is 38.0 Å². The second kappa shape index (κ2) is 5.58. The minimum Gasteiger partial charge on any atom is -0.357 e. The monoisotopic (exact) mass is 322 g/mol. The number of rotatable bonds is 1. The lowest BCUT2D eigenvalue weighted by Crippen LogP contribution is -2.46. The Labute approximate surface area is 142 Å². The molecule has 1 fully saturated rings. The van der Waals surface area contributed by atoms with E-state index in [1.54, 1.807) is 6.92 Å². The number of carbonyl (C=O) groups excluding carboxylic acids is 1. The van der Waals surface area contributed by atoms with E-state index in [9.17, 15) is 4.79 Å². The van der Waals surface area contributed by atoms with Gasteiger partial charge in [-0.1, -0.05) is 24.3 Å². The molecule has 0 radical (unpaired) electrons. The fraction of sp³-hybridized carbons (Fsp3) is 0.421. The number of nitrogens with zero attached hydrogens (tertiary/aromatic N) is 3. The SMILES string of the molecule is CNc1ncc2c(n1)-c1ccccc1C1(CCN(C(C)=O)CC1)C2. The van der Waals surface area contributed by atoms with Gasteiger partial charge in [-0.05, 0) is 30.4 Å². The molecule has 5 nitrogen and oxygen atoms in total. The molecule has 0 unspecified atom stereocenters. The molecule has 5 heteroatoms. The zero-order valence-electron chi connectivity index (χ0n) is 14.2. The summed E-state index contributed by atoms with van der Waals surface area (Å²) in [6, 6.07) is 8.60. The molecule has 2 heterocycles. The van der Waals surface area contributed by atoms with Gasteiger partial charge in [-0.15, -0.1) is 0 Å². The van der Waals surface area contributed by atoms with Crippen molar-refractivity contribution in [2.75, 3.05) is 25.5 Å². The molecule has 1 spiro atoms. The van der Waals surface area contributed by atoms with E-state index in [1.165, 1.54) is 16.7 Å². The van der Waals surface area contributed by atoms with Crippen LogP contribution in [0.4, 0.5) is 5.95 Å². The molecular formula is C19H22N4O. The molecule has 0 atom stereocenters. The predicted octanol–water partition coefficient (Wildman–Crippen LogP) is 2.62. The molecule has 1 N–H and O–H groups in total. The summed E-state index contributed by atoms with van der Waals surface area (Å²) in [5, 5.41) is 3.03. The minimum atomic E-state index is 0.0973. The normalized spacial score (nSPS) is 18.0. The van der Waals surface area contributed by atoms with Gasteiger partial charge in [0.1, 0.15) is 0 Å². The number of fused-ring (bicyclic) bond motifs is 4. The lowest BCUT2D eigenvalue weighted by molar-refractivity contribution is -0.130. The highest BCUT2D eigenvalue weighted by Crippen LogP contribution is 2.47. The third-order valence-electron chi connectivity index (χ3n) is 5.54. The van der Waals surface area contributed by atoms with Gasteiger partial charge in [0.25, 0.3) is 0 Å². The van der Waals surface area contributed by atoms with Crippen molar-refractivity contribution in [3.8, 4) is 11.3 Å². The number of piperidine rings is 1. The van der Waals surface area contributed by atoms with Crippen LogP contribution in [0.1, 0.15) is 30.9 Å². The molecule has 4 rings (SSSR count). The fourth-order valence-electron chi connectivity index (χ4n) is 4.20. The lowest BCUT2D eigenvalue weighted by atomic mass is 9.64. The number of benzene rings is 1. The van der Waals surface area contributed by atoms with Crippen LogP contribution in [0.25, 0.3) is 11.3 Å². The van der Waals surface area contributed by atoms with Gasteiger partial charge in [0.15, 0.2) is 0 Å². The van der Waals surface area contributed by atoms with Crippen molar-refractivity contribution in [2.45, 2.75) is 31.6 Å². The highest BCUT2D eigenvalue weighted by molar-refractivity contribution is 5.74. The van der Waals surface area contributed by atoms with E-state index in [4.69, 9.17) is 4.98 Å². The van der Waals surface area contributed by atoms with Gasteiger partial charge in [-0.25, -0.2) is 9.97 Å². The molecule has 0 saturated carbocycles. The summed E-state index contributed by atoms with van der Waals surface area (Å²) in [4.78, 5) is 22.8. The summed E-state index contributed by atoms with van der Waals surface area (Å²) in [6.07, 6.45) is 4.91. The number of hydrogen-bond acceptors (Lipinski definition) is 4. The quantitative estimate of drug-likeness (QED) is 0.877. The van der Waals surface area contributed by atoms with Crippen molar-refractivity contribution in [1.29, 1.82) is 0 Å². The Bertz CT molecular complexity index is 794. The Hall–Kier alpha value is -2.43. The predicted molar refractivity (Wildman–Crippen MR) is 93.9 cm³/mol. The van der Waals surface area contributed by atoms with Crippen molar-refractivity contribution >= 4 is 11.9 Å². The first kappa shape index (κ1) is 15.1. The summed E-state index contributed by atoms with van der Waals surface area (Å²) in [6.45, 7) is 3.32. The summed E-state index contributed by atoms with van der Waals surface area (Å²) < 4.78 is 0. The van der Waals surface area contributed by atoms with Crippen LogP contribution < -0.4 is 5.32 Å². The van der Waals surface area contributed by atoms with Crippen molar-refractivity contribution in [1.82, 2.24) is 14.9 Å². The highest BCUT2D eigenvalue weighted by Gasteiger charge is 2.42. The van der Waals surface area contributed by atoms with Gasteiger partial charge < -0.3 is 10.2 Å². The van der Waals surface area contributed by atoms with E-state index in [1.807, 2.05) is 18.1 Å². The number of hydrogen-bond donors (Lipinski definition) is 1. The molecule has 124 valence electrons. The lowest BCUT2D eigenvalue weighted by Gasteiger charge is -2.45. The van der Waals surface area contributed by atoms with Gasteiger partial charge in [0.05, 0.1) is 5.69 Å². The Balaban J connectivity index is 1.78. The molecule has 2 aromatic rings. The number of carbonyl (C=O) groups is 1. The largest absolute Gasteiger partial charge is 0.357 e. The summed E-state index contributed by atoms with van der Waals surface area (Å²) in [5.74, 6) is 0.835. The van der Waals surface area contributed by atoms with Crippen LogP contribution in [-0.4, -0.2) is 40.9 Å². The first-order valence-electron chi connectivity index (χ1n) is 8.52.